The lowest BCUT2D eigenvalue weighted by molar-refractivity contribution is 0.102. The second kappa shape index (κ2) is 8.08. The second-order valence-corrected chi connectivity index (χ2v) is 8.38. The Bertz CT molecular complexity index is 922. The molecule has 2 aromatic carbocycles. The molecule has 0 bridgehead atoms. The van der Waals surface area contributed by atoms with Crippen molar-refractivity contribution < 1.29 is 13.2 Å². The van der Waals surface area contributed by atoms with Gasteiger partial charge in [-0.1, -0.05) is 19.1 Å². The highest BCUT2D eigenvalue weighted by Gasteiger charge is 2.28. The molecule has 7 nitrogen and oxygen atoms in total. The fourth-order valence-electron chi connectivity index (χ4n) is 3.05. The standard InChI is InChI=1S/C19H24N4O3S/c1-2-22-9-11-23(12-10-22)27(25,26)18-8-4-7-17(14-18)21-19(24)15-5-3-6-16(20)13-15/h3-8,13-14H,2,9-12,20H2,1H3,(H,21,24). The Morgan fingerprint density at radius 2 is 1.78 bits per heavy atom. The number of amides is 1. The maximum Gasteiger partial charge on any atom is 0.255 e. The summed E-state index contributed by atoms with van der Waals surface area (Å²) in [6, 6.07) is 13.0. The van der Waals surface area contributed by atoms with Gasteiger partial charge in [0.15, 0.2) is 0 Å². The Hall–Kier alpha value is -2.42. The summed E-state index contributed by atoms with van der Waals surface area (Å²) in [6.07, 6.45) is 0. The van der Waals surface area contributed by atoms with Gasteiger partial charge in [-0.15, -0.1) is 0 Å². The van der Waals surface area contributed by atoms with Crippen molar-refractivity contribution in [3.05, 3.63) is 54.1 Å². The van der Waals surface area contributed by atoms with Gasteiger partial charge in [-0.2, -0.15) is 4.31 Å². The molecule has 1 amide bonds. The summed E-state index contributed by atoms with van der Waals surface area (Å²) in [5, 5.41) is 2.73. The normalized spacial score (nSPS) is 16.2. The van der Waals surface area contributed by atoms with Crippen molar-refractivity contribution in [3.8, 4) is 0 Å². The third-order valence-corrected chi connectivity index (χ3v) is 6.55. The third-order valence-electron chi connectivity index (χ3n) is 4.66. The second-order valence-electron chi connectivity index (χ2n) is 6.45. The third kappa shape index (κ3) is 4.47. The minimum Gasteiger partial charge on any atom is -0.399 e. The van der Waals surface area contributed by atoms with Gasteiger partial charge in [-0.05, 0) is 42.9 Å². The molecule has 0 aromatic heterocycles. The van der Waals surface area contributed by atoms with Crippen molar-refractivity contribution in [2.75, 3.05) is 43.8 Å². The molecule has 3 N–H and O–H groups in total. The van der Waals surface area contributed by atoms with E-state index < -0.39 is 10.0 Å². The summed E-state index contributed by atoms with van der Waals surface area (Å²) >= 11 is 0. The molecule has 0 aliphatic carbocycles. The molecule has 0 saturated carbocycles. The zero-order valence-electron chi connectivity index (χ0n) is 15.3. The van der Waals surface area contributed by atoms with E-state index in [2.05, 4.69) is 17.1 Å². The van der Waals surface area contributed by atoms with Crippen LogP contribution in [0.15, 0.2) is 53.4 Å². The Balaban J connectivity index is 1.76. The first-order chi connectivity index (χ1) is 12.9. The number of rotatable bonds is 5. The van der Waals surface area contributed by atoms with Gasteiger partial charge in [0.1, 0.15) is 0 Å². The molecule has 2 aromatic rings. The maximum absolute atomic E-state index is 12.9. The van der Waals surface area contributed by atoms with Crippen LogP contribution in [-0.4, -0.2) is 56.3 Å². The minimum absolute atomic E-state index is 0.179. The number of carbonyl (C=O) groups excluding carboxylic acids is 1. The molecule has 0 spiro atoms. The highest BCUT2D eigenvalue weighted by atomic mass is 32.2. The molecule has 144 valence electrons. The van der Waals surface area contributed by atoms with E-state index in [1.54, 1.807) is 42.5 Å². The molecule has 3 rings (SSSR count). The van der Waals surface area contributed by atoms with E-state index in [0.29, 0.717) is 30.0 Å². The van der Waals surface area contributed by atoms with E-state index in [1.165, 1.54) is 10.4 Å². The van der Waals surface area contributed by atoms with Crippen LogP contribution in [0.5, 0.6) is 0 Å². The average molecular weight is 388 g/mol. The molecular formula is C19H24N4O3S. The molecule has 1 heterocycles. The zero-order chi connectivity index (χ0) is 19.4. The van der Waals surface area contributed by atoms with Gasteiger partial charge in [0.2, 0.25) is 10.0 Å². The summed E-state index contributed by atoms with van der Waals surface area (Å²) in [5.74, 6) is -0.339. The Kier molecular flexibility index (Phi) is 5.79. The summed E-state index contributed by atoms with van der Waals surface area (Å²) in [6.45, 7) is 5.37. The van der Waals surface area contributed by atoms with Crippen LogP contribution in [0.2, 0.25) is 0 Å². The molecule has 0 atom stereocenters. The predicted molar refractivity (Wildman–Crippen MR) is 106 cm³/mol. The first kappa shape index (κ1) is 19.3. The summed E-state index contributed by atoms with van der Waals surface area (Å²) in [7, 11) is -3.59. The number of anilines is 2. The van der Waals surface area contributed by atoms with Gasteiger partial charge >= 0.3 is 0 Å². The van der Waals surface area contributed by atoms with Crippen molar-refractivity contribution in [1.29, 1.82) is 0 Å². The average Bonchev–Trinajstić information content (AvgIpc) is 2.68. The molecule has 27 heavy (non-hydrogen) atoms. The largest absolute Gasteiger partial charge is 0.399 e. The molecule has 8 heteroatoms. The number of benzene rings is 2. The fraction of sp³-hybridized carbons (Fsp3) is 0.316. The number of nitrogens with zero attached hydrogens (tertiary/aromatic N) is 2. The lowest BCUT2D eigenvalue weighted by Gasteiger charge is -2.33. The van der Waals surface area contributed by atoms with Gasteiger partial charge in [0.05, 0.1) is 4.90 Å². The fourth-order valence-corrected chi connectivity index (χ4v) is 4.52. The lowest BCUT2D eigenvalue weighted by Crippen LogP contribution is -2.48. The number of piperazine rings is 1. The van der Waals surface area contributed by atoms with Gasteiger partial charge in [0, 0.05) is 43.1 Å². The highest BCUT2D eigenvalue weighted by molar-refractivity contribution is 7.89. The van der Waals surface area contributed by atoms with Crippen LogP contribution in [0.25, 0.3) is 0 Å². The predicted octanol–water partition coefficient (Wildman–Crippen LogP) is 1.85. The molecule has 1 saturated heterocycles. The van der Waals surface area contributed by atoms with Crippen LogP contribution in [0.4, 0.5) is 11.4 Å². The van der Waals surface area contributed by atoms with E-state index in [0.717, 1.165) is 19.6 Å². The van der Waals surface area contributed by atoms with E-state index in [4.69, 9.17) is 5.73 Å². The Morgan fingerprint density at radius 1 is 1.07 bits per heavy atom. The maximum atomic E-state index is 12.9. The van der Waals surface area contributed by atoms with E-state index in [1.807, 2.05) is 0 Å². The quantitative estimate of drug-likeness (QED) is 0.762. The van der Waals surface area contributed by atoms with Gasteiger partial charge in [0.25, 0.3) is 5.91 Å². The van der Waals surface area contributed by atoms with Crippen molar-refractivity contribution in [3.63, 3.8) is 0 Å². The van der Waals surface area contributed by atoms with Gasteiger partial charge < -0.3 is 16.0 Å². The van der Waals surface area contributed by atoms with E-state index >= 15 is 0 Å². The number of nitrogen functional groups attached to an aromatic ring is 1. The molecule has 0 radical (unpaired) electrons. The number of nitrogens with two attached hydrogens (primary N) is 1. The Morgan fingerprint density at radius 3 is 2.44 bits per heavy atom. The number of hydrogen-bond donors (Lipinski definition) is 2. The summed E-state index contributed by atoms with van der Waals surface area (Å²) < 4.78 is 27.3. The van der Waals surface area contributed by atoms with Gasteiger partial charge in [-0.3, -0.25) is 4.79 Å². The number of sulfonamides is 1. The Labute approximate surface area is 159 Å². The zero-order valence-corrected chi connectivity index (χ0v) is 16.1. The summed E-state index contributed by atoms with van der Waals surface area (Å²) in [5.41, 5.74) is 7.04. The topological polar surface area (TPSA) is 95.7 Å². The molecule has 1 aliphatic heterocycles. The van der Waals surface area contributed by atoms with Crippen molar-refractivity contribution in [2.45, 2.75) is 11.8 Å². The molecule has 1 aliphatic rings. The minimum atomic E-state index is -3.59. The molecule has 1 fully saturated rings. The van der Waals surface area contributed by atoms with Gasteiger partial charge in [-0.25, -0.2) is 8.42 Å². The first-order valence-corrected chi connectivity index (χ1v) is 10.3. The van der Waals surface area contributed by atoms with Crippen molar-refractivity contribution >= 4 is 27.3 Å². The van der Waals surface area contributed by atoms with E-state index in [9.17, 15) is 13.2 Å². The smallest absolute Gasteiger partial charge is 0.255 e. The van der Waals surface area contributed by atoms with Crippen molar-refractivity contribution in [1.82, 2.24) is 9.21 Å². The number of likely N-dealkylation sites (N-methyl/N-ethyl adjacent to an activating group) is 1. The monoisotopic (exact) mass is 388 g/mol. The number of hydrogen-bond acceptors (Lipinski definition) is 5. The number of carbonyl (C=O) groups is 1. The molecule has 0 unspecified atom stereocenters. The van der Waals surface area contributed by atoms with Crippen LogP contribution in [-0.2, 0) is 10.0 Å². The van der Waals surface area contributed by atoms with Crippen LogP contribution in [0.1, 0.15) is 17.3 Å². The van der Waals surface area contributed by atoms with Crippen molar-refractivity contribution in [2.24, 2.45) is 0 Å². The van der Waals surface area contributed by atoms with Crippen LogP contribution in [0.3, 0.4) is 0 Å². The lowest BCUT2D eigenvalue weighted by atomic mass is 10.2. The number of nitrogens with one attached hydrogen (secondary N) is 1. The summed E-state index contributed by atoms with van der Waals surface area (Å²) in [4.78, 5) is 14.8. The SMILES string of the molecule is CCN1CCN(S(=O)(=O)c2cccc(NC(=O)c3cccc(N)c3)c2)CC1. The first-order valence-electron chi connectivity index (χ1n) is 8.89. The highest BCUT2D eigenvalue weighted by Crippen LogP contribution is 2.21. The van der Waals surface area contributed by atoms with Crippen LogP contribution < -0.4 is 11.1 Å². The van der Waals surface area contributed by atoms with Crippen LogP contribution >= 0.6 is 0 Å². The molecular weight excluding hydrogens is 364 g/mol. The van der Waals surface area contributed by atoms with E-state index in [-0.39, 0.29) is 10.8 Å². The van der Waals surface area contributed by atoms with Crippen LogP contribution in [0, 0.1) is 0 Å².